The van der Waals surface area contributed by atoms with Gasteiger partial charge in [0, 0.05) is 0 Å². The van der Waals surface area contributed by atoms with Crippen molar-refractivity contribution in [2.45, 2.75) is 25.7 Å². The van der Waals surface area contributed by atoms with Crippen molar-refractivity contribution in [3.8, 4) is 28.7 Å². The van der Waals surface area contributed by atoms with Gasteiger partial charge in [0.25, 0.3) is 0 Å². The van der Waals surface area contributed by atoms with Gasteiger partial charge in [0.1, 0.15) is 13.2 Å². The molecule has 0 radical (unpaired) electrons. The molecule has 4 aromatic carbocycles. The van der Waals surface area contributed by atoms with Crippen LogP contribution in [0.25, 0.3) is 0 Å². The first-order valence-electron chi connectivity index (χ1n) is 13.2. The second kappa shape index (κ2) is 14.5. The van der Waals surface area contributed by atoms with Crippen LogP contribution >= 0.6 is 0 Å². The molecular weight excluding hydrogens is 518 g/mol. The topological polar surface area (TPSA) is 75.3 Å². The first-order chi connectivity index (χ1) is 20.0. The summed E-state index contributed by atoms with van der Waals surface area (Å²) in [5.41, 5.74) is 3.78. The van der Waals surface area contributed by atoms with Crippen LogP contribution in [0.3, 0.4) is 0 Å². The zero-order chi connectivity index (χ0) is 29.0. The number of methoxy groups -OCH3 is 3. The Morgan fingerprint density at radius 2 is 1.27 bits per heavy atom. The number of ether oxygens (including phenoxy) is 5. The largest absolute Gasteiger partial charge is 0.493 e. The van der Waals surface area contributed by atoms with Crippen molar-refractivity contribution in [3.63, 3.8) is 0 Å². The summed E-state index contributed by atoms with van der Waals surface area (Å²) in [6.45, 7) is 4.37. The summed E-state index contributed by atoms with van der Waals surface area (Å²) in [4.78, 5) is 12.5. The van der Waals surface area contributed by atoms with E-state index < -0.39 is 6.04 Å². The zero-order valence-electron chi connectivity index (χ0n) is 23.6. The number of carbonyl (C=O) groups excluding carboxylic acids is 1. The smallest absolute Gasteiger partial charge is 0.243 e. The summed E-state index contributed by atoms with van der Waals surface area (Å²) in [5, 5.41) is 3.04. The van der Waals surface area contributed by atoms with Crippen LogP contribution in [-0.2, 0) is 24.4 Å². The van der Waals surface area contributed by atoms with E-state index in [2.05, 4.69) is 11.9 Å². The molecule has 7 nitrogen and oxygen atoms in total. The van der Waals surface area contributed by atoms with Gasteiger partial charge in [0.05, 0.1) is 27.4 Å². The van der Waals surface area contributed by atoms with Gasteiger partial charge in [-0.05, 0) is 59.0 Å². The van der Waals surface area contributed by atoms with E-state index in [0.717, 1.165) is 22.3 Å². The predicted molar refractivity (Wildman–Crippen MR) is 159 cm³/mol. The van der Waals surface area contributed by atoms with Crippen LogP contribution in [0.15, 0.2) is 104 Å². The quantitative estimate of drug-likeness (QED) is 0.181. The third-order valence-electron chi connectivity index (χ3n) is 6.52. The molecule has 4 rings (SSSR count). The third kappa shape index (κ3) is 7.82. The molecule has 1 amide bonds. The predicted octanol–water partition coefficient (Wildman–Crippen LogP) is 6.46. The van der Waals surface area contributed by atoms with Crippen LogP contribution in [0.2, 0.25) is 0 Å². The number of carbonyl (C=O) groups is 1. The van der Waals surface area contributed by atoms with E-state index in [4.69, 9.17) is 23.7 Å². The van der Waals surface area contributed by atoms with Crippen LogP contribution in [0, 0.1) is 0 Å². The van der Waals surface area contributed by atoms with Gasteiger partial charge in [-0.3, -0.25) is 4.79 Å². The second-order valence-electron chi connectivity index (χ2n) is 9.26. The first kappa shape index (κ1) is 29.1. The fraction of sp³-hybridized carbons (Fsp3) is 0.206. The SMILES string of the molecule is C=CC(=O)NC(Cc1ccc(OC)c(OCc2ccccc2)c1)c1cc(OC)c(OCc2ccccc2)c(OC)c1. The molecule has 1 unspecified atom stereocenters. The third-order valence-corrected chi connectivity index (χ3v) is 6.52. The maximum atomic E-state index is 12.5. The van der Waals surface area contributed by atoms with E-state index in [-0.39, 0.29) is 5.91 Å². The normalized spacial score (nSPS) is 11.2. The number of amides is 1. The summed E-state index contributed by atoms with van der Waals surface area (Å²) >= 11 is 0. The monoisotopic (exact) mass is 553 g/mol. The van der Waals surface area contributed by atoms with Gasteiger partial charge in [-0.25, -0.2) is 0 Å². The fourth-order valence-corrected chi connectivity index (χ4v) is 4.39. The molecule has 0 bridgehead atoms. The molecule has 0 aliphatic heterocycles. The molecule has 0 aromatic heterocycles. The molecule has 0 aliphatic carbocycles. The minimum atomic E-state index is -0.429. The molecule has 212 valence electrons. The summed E-state index contributed by atoms with van der Waals surface area (Å²) in [5.74, 6) is 2.41. The average molecular weight is 554 g/mol. The maximum Gasteiger partial charge on any atom is 0.243 e. The van der Waals surface area contributed by atoms with Gasteiger partial charge in [-0.15, -0.1) is 0 Å². The van der Waals surface area contributed by atoms with Crippen molar-refractivity contribution in [3.05, 3.63) is 126 Å². The molecule has 0 heterocycles. The maximum absolute atomic E-state index is 12.5. The lowest BCUT2D eigenvalue weighted by Crippen LogP contribution is -2.28. The highest BCUT2D eigenvalue weighted by Gasteiger charge is 2.22. The van der Waals surface area contributed by atoms with Gasteiger partial charge in [-0.1, -0.05) is 73.3 Å². The zero-order valence-corrected chi connectivity index (χ0v) is 23.6. The highest BCUT2D eigenvalue weighted by molar-refractivity contribution is 5.87. The second-order valence-corrected chi connectivity index (χ2v) is 9.26. The fourth-order valence-electron chi connectivity index (χ4n) is 4.39. The van der Waals surface area contributed by atoms with Gasteiger partial charge in [-0.2, -0.15) is 0 Å². The summed E-state index contributed by atoms with van der Waals surface area (Å²) in [7, 11) is 4.76. The van der Waals surface area contributed by atoms with Gasteiger partial charge in [0.2, 0.25) is 11.7 Å². The Kier molecular flexibility index (Phi) is 10.3. The van der Waals surface area contributed by atoms with Crippen LogP contribution in [0.5, 0.6) is 28.7 Å². The van der Waals surface area contributed by atoms with E-state index in [1.165, 1.54) is 6.08 Å². The highest BCUT2D eigenvalue weighted by atomic mass is 16.5. The Balaban J connectivity index is 1.62. The molecule has 0 saturated heterocycles. The average Bonchev–Trinajstić information content (AvgIpc) is 3.03. The number of nitrogens with one attached hydrogen (secondary N) is 1. The van der Waals surface area contributed by atoms with Crippen molar-refractivity contribution in [1.82, 2.24) is 5.32 Å². The summed E-state index contributed by atoms with van der Waals surface area (Å²) < 4.78 is 29.2. The Labute approximate surface area is 241 Å². The lowest BCUT2D eigenvalue weighted by molar-refractivity contribution is -0.117. The molecule has 0 fully saturated rings. The molecule has 41 heavy (non-hydrogen) atoms. The lowest BCUT2D eigenvalue weighted by atomic mass is 9.97. The Morgan fingerprint density at radius 1 is 0.707 bits per heavy atom. The Bertz CT molecular complexity index is 1410. The van der Waals surface area contributed by atoms with Crippen LogP contribution in [-0.4, -0.2) is 27.2 Å². The summed E-state index contributed by atoms with van der Waals surface area (Å²) in [6.07, 6.45) is 1.71. The minimum Gasteiger partial charge on any atom is -0.493 e. The number of hydrogen-bond acceptors (Lipinski definition) is 6. The molecule has 1 N–H and O–H groups in total. The van der Waals surface area contributed by atoms with Crippen molar-refractivity contribution in [1.29, 1.82) is 0 Å². The molecule has 7 heteroatoms. The Hall–Kier alpha value is -4.91. The standard InChI is InChI=1S/C34H35NO6/c1-5-33(36)35-28(18-26-16-17-29(37-2)30(19-26)40-22-24-12-8-6-9-13-24)27-20-31(38-3)34(32(21-27)39-4)41-23-25-14-10-7-11-15-25/h5-17,19-21,28H,1,18,22-23H2,2-4H3,(H,35,36). The van der Waals surface area contributed by atoms with Crippen LogP contribution < -0.4 is 29.0 Å². The van der Waals surface area contributed by atoms with E-state index in [1.54, 1.807) is 21.3 Å². The molecular formula is C34H35NO6. The molecule has 0 spiro atoms. The molecule has 4 aromatic rings. The van der Waals surface area contributed by atoms with Crippen molar-refractivity contribution in [2.24, 2.45) is 0 Å². The van der Waals surface area contributed by atoms with Crippen molar-refractivity contribution < 1.29 is 28.5 Å². The van der Waals surface area contributed by atoms with Gasteiger partial charge in [0.15, 0.2) is 23.0 Å². The van der Waals surface area contributed by atoms with Crippen LogP contribution in [0.1, 0.15) is 28.3 Å². The minimum absolute atomic E-state index is 0.300. The molecule has 1 atom stereocenters. The van der Waals surface area contributed by atoms with E-state index in [1.807, 2.05) is 91.0 Å². The number of rotatable bonds is 14. The Morgan fingerprint density at radius 3 is 1.80 bits per heavy atom. The van der Waals surface area contributed by atoms with Gasteiger partial charge >= 0.3 is 0 Å². The van der Waals surface area contributed by atoms with E-state index in [9.17, 15) is 4.79 Å². The summed E-state index contributed by atoms with van der Waals surface area (Å²) in [6, 6.07) is 28.8. The van der Waals surface area contributed by atoms with Crippen molar-refractivity contribution >= 4 is 5.91 Å². The lowest BCUT2D eigenvalue weighted by Gasteiger charge is -2.22. The van der Waals surface area contributed by atoms with Gasteiger partial charge < -0.3 is 29.0 Å². The number of benzene rings is 4. The molecule has 0 saturated carbocycles. The highest BCUT2D eigenvalue weighted by Crippen LogP contribution is 2.41. The van der Waals surface area contributed by atoms with E-state index >= 15 is 0 Å². The number of hydrogen-bond donors (Lipinski definition) is 1. The van der Waals surface area contributed by atoms with Crippen molar-refractivity contribution in [2.75, 3.05) is 21.3 Å². The first-order valence-corrected chi connectivity index (χ1v) is 13.2. The molecule has 0 aliphatic rings. The van der Waals surface area contributed by atoms with Crippen LogP contribution in [0.4, 0.5) is 0 Å². The van der Waals surface area contributed by atoms with E-state index in [0.29, 0.717) is 48.4 Å².